The maximum absolute atomic E-state index is 13.7. The van der Waals surface area contributed by atoms with Crippen LogP contribution in [-0.4, -0.2) is 83.9 Å². The highest BCUT2D eigenvalue weighted by atomic mass is 16.6. The van der Waals surface area contributed by atoms with Gasteiger partial charge in [-0.05, 0) is 44.6 Å². The summed E-state index contributed by atoms with van der Waals surface area (Å²) in [6.07, 6.45) is 11.6. The molecule has 2 heterocycles. The fourth-order valence-corrected chi connectivity index (χ4v) is 7.95. The van der Waals surface area contributed by atoms with E-state index in [4.69, 9.17) is 23.7 Å². The topological polar surface area (TPSA) is 141 Å². The van der Waals surface area contributed by atoms with Crippen LogP contribution in [0.5, 0.6) is 0 Å². The Morgan fingerprint density at radius 1 is 1.02 bits per heavy atom. The van der Waals surface area contributed by atoms with Crippen LogP contribution in [0.2, 0.25) is 0 Å². The van der Waals surface area contributed by atoms with Gasteiger partial charge in [-0.25, -0.2) is 4.79 Å². The van der Waals surface area contributed by atoms with Gasteiger partial charge in [0.2, 0.25) is 5.76 Å². The molecule has 0 radical (unpaired) electrons. The molecule has 0 bridgehead atoms. The summed E-state index contributed by atoms with van der Waals surface area (Å²) in [4.78, 5) is 26.7. The number of carbonyl (C=O) groups excluding carboxylic acids is 2. The van der Waals surface area contributed by atoms with E-state index in [0.717, 1.165) is 43.3 Å². The van der Waals surface area contributed by atoms with Crippen LogP contribution in [0.15, 0.2) is 47.3 Å². The molecule has 3 N–H and O–H groups in total. The van der Waals surface area contributed by atoms with Gasteiger partial charge in [0.25, 0.3) is 0 Å². The van der Waals surface area contributed by atoms with Gasteiger partial charge in [-0.1, -0.05) is 123 Å². The monoisotopic (exact) mass is 763 g/mol. The lowest BCUT2D eigenvalue weighted by atomic mass is 9.76. The number of rotatable bonds is 15. The van der Waals surface area contributed by atoms with Crippen molar-refractivity contribution in [1.29, 1.82) is 0 Å². The van der Waals surface area contributed by atoms with Crippen molar-refractivity contribution in [3.05, 3.63) is 47.3 Å². The van der Waals surface area contributed by atoms with Crippen LogP contribution in [0.3, 0.4) is 0 Å². The number of aliphatic hydroxyl groups excluding tert-OH is 2. The van der Waals surface area contributed by atoms with E-state index in [1.807, 2.05) is 66.7 Å². The molecule has 1 saturated heterocycles. The molecule has 0 aromatic carbocycles. The molecule has 2 aliphatic rings. The number of allylic oxidation sites excluding steroid dienone is 5. The van der Waals surface area contributed by atoms with Crippen molar-refractivity contribution < 1.29 is 48.6 Å². The van der Waals surface area contributed by atoms with Gasteiger partial charge in [-0.2, -0.15) is 0 Å². The lowest BCUT2D eigenvalue weighted by Crippen LogP contribution is -2.59. The quantitative estimate of drug-likeness (QED) is 0.111. The van der Waals surface area contributed by atoms with Crippen molar-refractivity contribution in [3.63, 3.8) is 0 Å². The molecule has 0 aromatic heterocycles. The fraction of sp³-hybridized carbons (Fsp3) is 0.773. The third-order valence-electron chi connectivity index (χ3n) is 11.5. The van der Waals surface area contributed by atoms with Crippen LogP contribution >= 0.6 is 0 Å². The highest BCUT2D eigenvalue weighted by Crippen LogP contribution is 2.43. The van der Waals surface area contributed by atoms with Gasteiger partial charge in [0, 0.05) is 43.6 Å². The third-order valence-corrected chi connectivity index (χ3v) is 11.5. The number of cyclic esters (lactones) is 1. The van der Waals surface area contributed by atoms with Gasteiger partial charge >= 0.3 is 11.9 Å². The molecule has 0 unspecified atom stereocenters. The summed E-state index contributed by atoms with van der Waals surface area (Å²) in [5.41, 5.74) is 1.77. The molecule has 10 heteroatoms. The molecule has 0 aliphatic carbocycles. The van der Waals surface area contributed by atoms with Crippen molar-refractivity contribution in [1.82, 2.24) is 0 Å². The maximum atomic E-state index is 13.7. The first-order chi connectivity index (χ1) is 25.4. The number of unbranched alkanes of at least 4 members (excludes halogenated alkanes) is 5. The predicted octanol–water partition coefficient (Wildman–Crippen LogP) is 7.99. The molecular formula is C44H74O10. The van der Waals surface area contributed by atoms with Gasteiger partial charge in [-0.15, -0.1) is 0 Å². The zero-order chi connectivity index (χ0) is 40.7. The Kier molecular flexibility index (Phi) is 20.2. The zero-order valence-electron chi connectivity index (χ0n) is 35.4. The van der Waals surface area contributed by atoms with E-state index in [9.17, 15) is 24.9 Å². The molecule has 2 rings (SSSR count). The Morgan fingerprint density at radius 2 is 1.67 bits per heavy atom. The summed E-state index contributed by atoms with van der Waals surface area (Å²) in [6, 6.07) is 0. The minimum atomic E-state index is -1.85. The molecule has 1 fully saturated rings. The van der Waals surface area contributed by atoms with Crippen LogP contribution in [0.4, 0.5) is 0 Å². The van der Waals surface area contributed by atoms with Gasteiger partial charge < -0.3 is 39.0 Å². The fourth-order valence-electron chi connectivity index (χ4n) is 7.95. The first-order valence-corrected chi connectivity index (χ1v) is 20.4. The maximum Gasteiger partial charge on any atom is 0.373 e. The second-order valence-corrected chi connectivity index (χ2v) is 16.5. The average molecular weight is 763 g/mol. The van der Waals surface area contributed by atoms with Crippen LogP contribution in [0, 0.1) is 35.5 Å². The molecule has 0 saturated carbocycles. The van der Waals surface area contributed by atoms with Crippen molar-refractivity contribution in [2.24, 2.45) is 35.5 Å². The van der Waals surface area contributed by atoms with Crippen LogP contribution in [0.25, 0.3) is 0 Å². The second-order valence-electron chi connectivity index (χ2n) is 16.5. The third kappa shape index (κ3) is 13.9. The Balaban J connectivity index is 2.44. The van der Waals surface area contributed by atoms with E-state index in [0.29, 0.717) is 12.8 Å². The van der Waals surface area contributed by atoms with E-state index in [1.165, 1.54) is 20.6 Å². The lowest BCUT2D eigenvalue weighted by Gasteiger charge is -2.50. The number of ether oxygens (including phenoxy) is 5. The molecule has 310 valence electrons. The van der Waals surface area contributed by atoms with E-state index in [-0.39, 0.29) is 41.8 Å². The van der Waals surface area contributed by atoms with Gasteiger partial charge in [0.1, 0.15) is 18.3 Å². The molecule has 54 heavy (non-hydrogen) atoms. The summed E-state index contributed by atoms with van der Waals surface area (Å²) < 4.78 is 29.9. The smallest absolute Gasteiger partial charge is 0.373 e. The largest absolute Gasteiger partial charge is 0.490 e. The Bertz CT molecular complexity index is 1290. The van der Waals surface area contributed by atoms with Crippen molar-refractivity contribution in [2.45, 2.75) is 169 Å². The number of carbonyl (C=O) groups is 2. The second kappa shape index (κ2) is 22.9. The molecule has 12 atom stereocenters. The SMILES string of the molecule is CCCCCCCCC(=O)O[C@@H]1C[C@](O)([C@@H](C)[C@H](O)[C@H](C)[C@H]2OC(=O)/C(OC)=C/C(C)=C/[C@@H](C)[C@@H](O)[C@@H](C)C/C(C)=C/C=C/[C@@H]2OC)O[C@H](C(C)C)[C@H]1C. The summed E-state index contributed by atoms with van der Waals surface area (Å²) in [5, 5.41) is 35.3. The highest BCUT2D eigenvalue weighted by Gasteiger charge is 2.53. The van der Waals surface area contributed by atoms with E-state index in [1.54, 1.807) is 26.0 Å². The number of hydrogen-bond donors (Lipinski definition) is 3. The molecule has 0 aromatic rings. The van der Waals surface area contributed by atoms with Crippen molar-refractivity contribution >= 4 is 11.9 Å². The number of methoxy groups -OCH3 is 2. The number of esters is 2. The van der Waals surface area contributed by atoms with Gasteiger partial charge in [0.15, 0.2) is 5.79 Å². The molecule has 0 amide bonds. The first-order valence-electron chi connectivity index (χ1n) is 20.4. The lowest BCUT2D eigenvalue weighted by molar-refractivity contribution is -0.329. The van der Waals surface area contributed by atoms with Crippen LogP contribution in [0.1, 0.15) is 127 Å². The summed E-state index contributed by atoms with van der Waals surface area (Å²) in [6.45, 7) is 19.4. The van der Waals surface area contributed by atoms with Crippen molar-refractivity contribution in [3.8, 4) is 0 Å². The van der Waals surface area contributed by atoms with Gasteiger partial charge in [-0.3, -0.25) is 4.79 Å². The van der Waals surface area contributed by atoms with Crippen LogP contribution < -0.4 is 0 Å². The molecule has 10 nitrogen and oxygen atoms in total. The molecule has 0 spiro atoms. The van der Waals surface area contributed by atoms with E-state index < -0.39 is 60.2 Å². The highest BCUT2D eigenvalue weighted by molar-refractivity contribution is 5.87. The standard InChI is InChI=1S/C44H74O10/c1-13-14-15-16-17-18-22-38(45)52-37-26-44(49,54-41(27(2)3)32(37)8)34(10)40(47)33(9)42-35(50-11)21-19-20-28(4)23-30(6)39(46)31(7)24-29(5)25-36(51-12)43(48)53-42/h19-21,24-25,27,30-35,37,39-42,46-47,49H,13-18,22-23,26H2,1-12H3/b21-19+,28-20+,29-24+,36-25-/t30-,31+,32-,33-,34-,35-,37+,39-,40+,41+,42+,44+/m0/s1. The van der Waals surface area contributed by atoms with Gasteiger partial charge in [0.05, 0.1) is 25.4 Å². The summed E-state index contributed by atoms with van der Waals surface area (Å²) in [5.74, 6) is -4.99. The number of aliphatic hydroxyl groups is 3. The zero-order valence-corrected chi connectivity index (χ0v) is 35.4. The van der Waals surface area contributed by atoms with E-state index in [2.05, 4.69) is 6.92 Å². The van der Waals surface area contributed by atoms with Crippen LogP contribution in [-0.2, 0) is 33.3 Å². The Morgan fingerprint density at radius 3 is 2.28 bits per heavy atom. The van der Waals surface area contributed by atoms with E-state index >= 15 is 0 Å². The Hall–Kier alpha value is -2.50. The minimum Gasteiger partial charge on any atom is -0.490 e. The summed E-state index contributed by atoms with van der Waals surface area (Å²) >= 11 is 0. The predicted molar refractivity (Wildman–Crippen MR) is 212 cm³/mol. The van der Waals surface area contributed by atoms with Crippen molar-refractivity contribution in [2.75, 3.05) is 14.2 Å². The number of hydrogen-bond acceptors (Lipinski definition) is 10. The molecular weight excluding hydrogens is 688 g/mol. The minimum absolute atomic E-state index is 0.00656. The average Bonchev–Trinajstić information content (AvgIpc) is 3.12. The summed E-state index contributed by atoms with van der Waals surface area (Å²) in [7, 11) is 2.89. The molecule has 2 aliphatic heterocycles. The first kappa shape index (κ1) is 47.7. The normalized spacial score (nSPS) is 35.6. The Labute approximate surface area is 326 Å².